The predicted octanol–water partition coefficient (Wildman–Crippen LogP) is 6.94. The van der Waals surface area contributed by atoms with Crippen LogP contribution < -0.4 is 4.74 Å². The third kappa shape index (κ3) is 3.99. The SMILES string of the molecule is CC12CCC3c4ccc(OC(=O)c5cc(I)c(I)c(I)c5)cc4CCC3C1CCC2O. The average molecular weight is 754 g/mol. The second-order valence-electron chi connectivity index (χ2n) is 9.56. The highest BCUT2D eigenvalue weighted by atomic mass is 127. The molecule has 2 fully saturated rings. The number of carbonyl (C=O) groups excluding carboxylic acids is 1. The van der Waals surface area contributed by atoms with Crippen LogP contribution >= 0.6 is 67.8 Å². The van der Waals surface area contributed by atoms with Crippen LogP contribution in [0.15, 0.2) is 30.3 Å². The Bertz CT molecular complexity index is 1030. The summed E-state index contributed by atoms with van der Waals surface area (Å²) >= 11 is 6.83. The molecule has 0 heterocycles. The first kappa shape index (κ1) is 22.8. The molecule has 3 aliphatic carbocycles. The molecule has 0 radical (unpaired) electrons. The predicted molar refractivity (Wildman–Crippen MR) is 147 cm³/mol. The van der Waals surface area contributed by atoms with Crippen LogP contribution in [0.25, 0.3) is 0 Å². The normalized spacial score (nSPS) is 31.5. The summed E-state index contributed by atoms with van der Waals surface area (Å²) in [5, 5.41) is 10.6. The topological polar surface area (TPSA) is 46.5 Å². The van der Waals surface area contributed by atoms with Crippen LogP contribution in [-0.2, 0) is 6.42 Å². The van der Waals surface area contributed by atoms with Gasteiger partial charge in [0.2, 0.25) is 0 Å². The fraction of sp³-hybridized carbons (Fsp3) is 0.480. The van der Waals surface area contributed by atoms with Gasteiger partial charge in [-0.15, -0.1) is 0 Å². The Labute approximate surface area is 224 Å². The van der Waals surface area contributed by atoms with E-state index >= 15 is 0 Å². The van der Waals surface area contributed by atoms with Crippen LogP contribution in [0.4, 0.5) is 0 Å². The van der Waals surface area contributed by atoms with Gasteiger partial charge in [-0.05, 0) is 165 Å². The molecular weight excluding hydrogens is 729 g/mol. The minimum absolute atomic E-state index is 0.108. The Hall–Kier alpha value is 0.0600. The number of carbonyl (C=O) groups is 1. The summed E-state index contributed by atoms with van der Waals surface area (Å²) in [4.78, 5) is 12.8. The van der Waals surface area contributed by atoms with Crippen molar-refractivity contribution >= 4 is 73.7 Å². The Balaban J connectivity index is 1.36. The Kier molecular flexibility index (Phi) is 6.40. The molecule has 6 heteroatoms. The fourth-order valence-electron chi connectivity index (χ4n) is 6.43. The molecule has 5 unspecified atom stereocenters. The van der Waals surface area contributed by atoms with Crippen molar-refractivity contribution in [3.05, 3.63) is 57.7 Å². The summed E-state index contributed by atoms with van der Waals surface area (Å²) < 4.78 is 9.06. The van der Waals surface area contributed by atoms with Gasteiger partial charge in [0, 0.05) is 10.7 Å². The molecule has 2 aromatic rings. The summed E-state index contributed by atoms with van der Waals surface area (Å²) in [6.07, 6.45) is 6.47. The standard InChI is InChI=1S/C25H25I3O3/c1-25-9-8-17-16-5-3-15(31-24(30)14-11-20(26)23(28)21(27)12-14)10-13(16)2-4-18(17)19(25)6-7-22(25)29/h3,5,10-12,17-19,22,29H,2,4,6-9H2,1H3. The summed E-state index contributed by atoms with van der Waals surface area (Å²) in [6.45, 7) is 2.32. The first-order chi connectivity index (χ1) is 14.8. The fourth-order valence-corrected chi connectivity index (χ4v) is 8.51. The number of aryl methyl sites for hydroxylation is 1. The molecular formula is C25H25I3O3. The Morgan fingerprint density at radius 2 is 1.81 bits per heavy atom. The number of hydrogen-bond acceptors (Lipinski definition) is 3. The van der Waals surface area contributed by atoms with E-state index in [4.69, 9.17) is 4.74 Å². The summed E-state index contributed by atoms with van der Waals surface area (Å²) in [5.41, 5.74) is 3.48. The zero-order valence-corrected chi connectivity index (χ0v) is 23.8. The van der Waals surface area contributed by atoms with E-state index in [1.165, 1.54) is 17.5 Å². The molecule has 2 saturated carbocycles. The molecule has 0 aliphatic heterocycles. The van der Waals surface area contributed by atoms with Gasteiger partial charge in [0.1, 0.15) is 5.75 Å². The van der Waals surface area contributed by atoms with Gasteiger partial charge < -0.3 is 9.84 Å². The monoisotopic (exact) mass is 754 g/mol. The minimum atomic E-state index is -0.297. The number of hydrogen-bond donors (Lipinski definition) is 1. The van der Waals surface area contributed by atoms with Crippen molar-refractivity contribution in [3.63, 3.8) is 0 Å². The van der Waals surface area contributed by atoms with Crippen LogP contribution in [-0.4, -0.2) is 17.2 Å². The molecule has 0 amide bonds. The molecule has 0 aromatic heterocycles. The second-order valence-corrected chi connectivity index (χ2v) is 13.0. The number of esters is 1. The number of rotatable bonds is 2. The first-order valence-electron chi connectivity index (χ1n) is 11.0. The van der Waals surface area contributed by atoms with Crippen LogP contribution in [0.5, 0.6) is 5.75 Å². The molecule has 0 bridgehead atoms. The Morgan fingerprint density at radius 3 is 2.55 bits per heavy atom. The lowest BCUT2D eigenvalue weighted by Gasteiger charge is -2.50. The number of halogens is 3. The number of benzene rings is 2. The van der Waals surface area contributed by atoms with Gasteiger partial charge >= 0.3 is 5.97 Å². The number of fused-ring (bicyclic) bond motifs is 5. The minimum Gasteiger partial charge on any atom is -0.423 e. The lowest BCUT2D eigenvalue weighted by Crippen LogP contribution is -2.43. The third-order valence-electron chi connectivity index (χ3n) is 8.08. The molecule has 0 saturated heterocycles. The van der Waals surface area contributed by atoms with E-state index in [9.17, 15) is 9.90 Å². The highest BCUT2D eigenvalue weighted by molar-refractivity contribution is 14.1. The van der Waals surface area contributed by atoms with Crippen molar-refractivity contribution in [3.8, 4) is 5.75 Å². The summed E-state index contributed by atoms with van der Waals surface area (Å²) in [5.74, 6) is 2.23. The van der Waals surface area contributed by atoms with E-state index in [1.54, 1.807) is 0 Å². The molecule has 2 aromatic carbocycles. The lowest BCUT2D eigenvalue weighted by atomic mass is 9.55. The molecule has 1 N–H and O–H groups in total. The van der Waals surface area contributed by atoms with Gasteiger partial charge in [-0.2, -0.15) is 0 Å². The van der Waals surface area contributed by atoms with Crippen LogP contribution in [0, 0.1) is 28.0 Å². The maximum absolute atomic E-state index is 12.8. The Morgan fingerprint density at radius 1 is 1.06 bits per heavy atom. The molecule has 164 valence electrons. The molecule has 3 aliphatic rings. The number of ether oxygens (including phenoxy) is 1. The highest BCUT2D eigenvalue weighted by Crippen LogP contribution is 2.60. The van der Waals surface area contributed by atoms with Gasteiger partial charge in [0.15, 0.2) is 0 Å². The first-order valence-corrected chi connectivity index (χ1v) is 14.2. The lowest BCUT2D eigenvalue weighted by molar-refractivity contribution is -0.0226. The zero-order chi connectivity index (χ0) is 21.9. The van der Waals surface area contributed by atoms with Gasteiger partial charge in [-0.25, -0.2) is 4.79 Å². The van der Waals surface area contributed by atoms with Crippen molar-refractivity contribution in [2.24, 2.45) is 17.3 Å². The molecule has 5 atom stereocenters. The third-order valence-corrected chi connectivity index (χ3v) is 13.0. The van der Waals surface area contributed by atoms with Gasteiger partial charge in [0.25, 0.3) is 0 Å². The van der Waals surface area contributed by atoms with Gasteiger partial charge in [-0.3, -0.25) is 0 Å². The second kappa shape index (κ2) is 8.69. The zero-order valence-electron chi connectivity index (χ0n) is 17.3. The maximum atomic E-state index is 12.8. The average Bonchev–Trinajstić information content (AvgIpc) is 3.06. The maximum Gasteiger partial charge on any atom is 0.343 e. The molecule has 0 spiro atoms. The molecule has 3 nitrogen and oxygen atoms in total. The number of aliphatic hydroxyl groups excluding tert-OH is 1. The van der Waals surface area contributed by atoms with Crippen molar-refractivity contribution in [2.75, 3.05) is 0 Å². The highest BCUT2D eigenvalue weighted by Gasteiger charge is 2.54. The van der Waals surface area contributed by atoms with Crippen LogP contribution in [0.2, 0.25) is 0 Å². The van der Waals surface area contributed by atoms with Gasteiger partial charge in [0.05, 0.1) is 11.7 Å². The molecule has 5 rings (SSSR count). The van der Waals surface area contributed by atoms with Crippen molar-refractivity contribution in [1.82, 2.24) is 0 Å². The quantitative estimate of drug-likeness (QED) is 0.157. The molecule has 31 heavy (non-hydrogen) atoms. The van der Waals surface area contributed by atoms with Crippen molar-refractivity contribution in [2.45, 2.75) is 57.5 Å². The van der Waals surface area contributed by atoms with E-state index in [0.29, 0.717) is 29.1 Å². The van der Waals surface area contributed by atoms with E-state index < -0.39 is 0 Å². The summed E-state index contributed by atoms with van der Waals surface area (Å²) in [7, 11) is 0. The van der Waals surface area contributed by atoms with Crippen LogP contribution in [0.1, 0.15) is 66.4 Å². The van der Waals surface area contributed by atoms with Gasteiger partial charge in [-0.1, -0.05) is 13.0 Å². The van der Waals surface area contributed by atoms with Crippen LogP contribution in [0.3, 0.4) is 0 Å². The summed E-state index contributed by atoms with van der Waals surface area (Å²) in [6, 6.07) is 10.0. The van der Waals surface area contributed by atoms with E-state index in [-0.39, 0.29) is 17.5 Å². The largest absolute Gasteiger partial charge is 0.423 e. The van der Waals surface area contributed by atoms with Crippen molar-refractivity contribution in [1.29, 1.82) is 0 Å². The number of aliphatic hydroxyl groups is 1. The smallest absolute Gasteiger partial charge is 0.343 e. The van der Waals surface area contributed by atoms with Crippen molar-refractivity contribution < 1.29 is 14.6 Å². The van der Waals surface area contributed by atoms with E-state index in [2.05, 4.69) is 86.8 Å². The van der Waals surface area contributed by atoms with E-state index in [1.807, 2.05) is 18.2 Å². The van der Waals surface area contributed by atoms with E-state index in [0.717, 1.165) is 42.8 Å².